The van der Waals surface area contributed by atoms with E-state index in [0.29, 0.717) is 17.8 Å². The summed E-state index contributed by atoms with van der Waals surface area (Å²) in [6.45, 7) is 8.54. The van der Waals surface area contributed by atoms with E-state index in [-0.39, 0.29) is 0 Å². The van der Waals surface area contributed by atoms with Crippen molar-refractivity contribution in [2.24, 2.45) is 0 Å². The molecule has 0 radical (unpaired) electrons. The topological polar surface area (TPSA) is 63.8 Å². The van der Waals surface area contributed by atoms with E-state index in [0.717, 1.165) is 24.2 Å². The highest BCUT2D eigenvalue weighted by Crippen LogP contribution is 2.26. The molecule has 0 aliphatic carbocycles. The summed E-state index contributed by atoms with van der Waals surface area (Å²) in [7, 11) is 0. The highest BCUT2D eigenvalue weighted by molar-refractivity contribution is 5.56. The Labute approximate surface area is 97.7 Å². The smallest absolute Gasteiger partial charge is 0.135 e. The van der Waals surface area contributed by atoms with Crippen molar-refractivity contribution in [3.63, 3.8) is 0 Å². The third-order valence-electron chi connectivity index (χ3n) is 2.60. The highest BCUT2D eigenvalue weighted by Gasteiger charge is 2.14. The van der Waals surface area contributed by atoms with E-state index in [2.05, 4.69) is 43.0 Å². The monoisotopic (exact) mass is 222 g/mol. The van der Waals surface area contributed by atoms with E-state index in [1.165, 1.54) is 6.33 Å². The van der Waals surface area contributed by atoms with Gasteiger partial charge < -0.3 is 11.1 Å². The Balaban J connectivity index is 2.90. The molecule has 0 aliphatic rings. The van der Waals surface area contributed by atoms with Gasteiger partial charge >= 0.3 is 0 Å². The van der Waals surface area contributed by atoms with Gasteiger partial charge in [-0.05, 0) is 19.3 Å². The Kier molecular flexibility index (Phi) is 4.52. The van der Waals surface area contributed by atoms with Crippen molar-refractivity contribution in [3.05, 3.63) is 11.9 Å². The Bertz CT molecular complexity index is 336. The molecule has 0 aromatic carbocycles. The van der Waals surface area contributed by atoms with Crippen LogP contribution in [0.5, 0.6) is 0 Å². The van der Waals surface area contributed by atoms with Crippen LogP contribution in [0.4, 0.5) is 11.6 Å². The van der Waals surface area contributed by atoms with E-state index in [1.54, 1.807) is 0 Å². The fourth-order valence-electron chi connectivity index (χ4n) is 1.83. The molecule has 1 unspecified atom stereocenters. The number of hydrogen-bond donors (Lipinski definition) is 2. The average molecular weight is 222 g/mol. The van der Waals surface area contributed by atoms with Crippen molar-refractivity contribution in [1.82, 2.24) is 9.97 Å². The van der Waals surface area contributed by atoms with Crippen molar-refractivity contribution >= 4 is 11.6 Å². The summed E-state index contributed by atoms with van der Waals surface area (Å²) >= 11 is 0. The second-order valence-electron chi connectivity index (χ2n) is 4.51. The first-order chi connectivity index (χ1) is 7.56. The molecule has 0 aliphatic heterocycles. The molecule has 0 amide bonds. The number of nitrogens with one attached hydrogen (secondary N) is 1. The lowest BCUT2D eigenvalue weighted by Crippen LogP contribution is -2.18. The first kappa shape index (κ1) is 12.7. The largest absolute Gasteiger partial charge is 0.383 e. The van der Waals surface area contributed by atoms with Crippen molar-refractivity contribution in [2.45, 2.75) is 52.5 Å². The molecule has 1 aromatic heterocycles. The number of nitrogen functional groups attached to an aromatic ring is 1. The maximum atomic E-state index is 5.88. The van der Waals surface area contributed by atoms with Crippen molar-refractivity contribution in [2.75, 3.05) is 11.1 Å². The van der Waals surface area contributed by atoms with Gasteiger partial charge in [0.05, 0.1) is 0 Å². The molecule has 1 aromatic rings. The Morgan fingerprint density at radius 3 is 2.56 bits per heavy atom. The maximum absolute atomic E-state index is 5.88. The molecule has 3 N–H and O–H groups in total. The zero-order valence-corrected chi connectivity index (χ0v) is 10.6. The standard InChI is InChI=1S/C12H22N4/c1-5-6-9(4)16-12-10(8(2)3)11(13)14-7-15-12/h7-9H,5-6H2,1-4H3,(H3,13,14,15,16). The number of anilines is 2. The quantitative estimate of drug-likeness (QED) is 0.804. The fraction of sp³-hybridized carbons (Fsp3) is 0.667. The van der Waals surface area contributed by atoms with Crippen LogP contribution in [-0.2, 0) is 0 Å². The number of aromatic nitrogens is 2. The van der Waals surface area contributed by atoms with Crippen LogP contribution in [0.1, 0.15) is 52.0 Å². The Morgan fingerprint density at radius 2 is 2.00 bits per heavy atom. The normalized spacial score (nSPS) is 12.8. The van der Waals surface area contributed by atoms with Gasteiger partial charge in [-0.1, -0.05) is 27.2 Å². The third kappa shape index (κ3) is 3.08. The molecule has 1 rings (SSSR count). The lowest BCUT2D eigenvalue weighted by atomic mass is 10.0. The SMILES string of the molecule is CCCC(C)Nc1ncnc(N)c1C(C)C. The molecule has 0 spiro atoms. The average Bonchev–Trinajstić information content (AvgIpc) is 2.17. The molecule has 1 heterocycles. The van der Waals surface area contributed by atoms with Crippen LogP contribution < -0.4 is 11.1 Å². The van der Waals surface area contributed by atoms with Crippen LogP contribution in [-0.4, -0.2) is 16.0 Å². The summed E-state index contributed by atoms with van der Waals surface area (Å²) < 4.78 is 0. The third-order valence-corrected chi connectivity index (χ3v) is 2.60. The van der Waals surface area contributed by atoms with E-state index < -0.39 is 0 Å². The van der Waals surface area contributed by atoms with Gasteiger partial charge in [0.2, 0.25) is 0 Å². The van der Waals surface area contributed by atoms with Gasteiger partial charge in [0, 0.05) is 11.6 Å². The Hall–Kier alpha value is -1.32. The lowest BCUT2D eigenvalue weighted by molar-refractivity contribution is 0.683. The predicted molar refractivity (Wildman–Crippen MR) is 68.5 cm³/mol. The van der Waals surface area contributed by atoms with Crippen molar-refractivity contribution in [3.8, 4) is 0 Å². The van der Waals surface area contributed by atoms with Gasteiger partial charge in [-0.2, -0.15) is 0 Å². The minimum Gasteiger partial charge on any atom is -0.383 e. The van der Waals surface area contributed by atoms with Gasteiger partial charge in [0.25, 0.3) is 0 Å². The molecule has 1 atom stereocenters. The zero-order chi connectivity index (χ0) is 12.1. The summed E-state index contributed by atoms with van der Waals surface area (Å²) in [4.78, 5) is 8.32. The van der Waals surface area contributed by atoms with Crippen molar-refractivity contribution < 1.29 is 0 Å². The van der Waals surface area contributed by atoms with Gasteiger partial charge in [0.15, 0.2) is 0 Å². The fourth-order valence-corrected chi connectivity index (χ4v) is 1.83. The molecule has 90 valence electrons. The van der Waals surface area contributed by atoms with E-state index in [4.69, 9.17) is 5.73 Å². The second kappa shape index (κ2) is 5.68. The number of hydrogen-bond acceptors (Lipinski definition) is 4. The Morgan fingerprint density at radius 1 is 1.31 bits per heavy atom. The van der Waals surface area contributed by atoms with Crippen LogP contribution in [0, 0.1) is 0 Å². The summed E-state index contributed by atoms with van der Waals surface area (Å²) in [6.07, 6.45) is 3.80. The highest BCUT2D eigenvalue weighted by atomic mass is 15.1. The molecule has 0 saturated carbocycles. The van der Waals surface area contributed by atoms with Crippen LogP contribution in [0.2, 0.25) is 0 Å². The van der Waals surface area contributed by atoms with E-state index in [1.807, 2.05) is 0 Å². The summed E-state index contributed by atoms with van der Waals surface area (Å²) in [6, 6.07) is 0.414. The van der Waals surface area contributed by atoms with Gasteiger partial charge in [-0.3, -0.25) is 0 Å². The predicted octanol–water partition coefficient (Wildman–Crippen LogP) is 2.78. The zero-order valence-electron chi connectivity index (χ0n) is 10.6. The van der Waals surface area contributed by atoms with Crippen LogP contribution >= 0.6 is 0 Å². The summed E-state index contributed by atoms with van der Waals surface area (Å²) in [5.41, 5.74) is 6.90. The van der Waals surface area contributed by atoms with Crippen LogP contribution in [0.3, 0.4) is 0 Å². The van der Waals surface area contributed by atoms with E-state index in [9.17, 15) is 0 Å². The molecule has 0 saturated heterocycles. The molecule has 0 bridgehead atoms. The molecular weight excluding hydrogens is 200 g/mol. The van der Waals surface area contributed by atoms with Gasteiger partial charge in [0.1, 0.15) is 18.0 Å². The maximum Gasteiger partial charge on any atom is 0.135 e. The van der Waals surface area contributed by atoms with Gasteiger partial charge in [-0.25, -0.2) is 9.97 Å². The van der Waals surface area contributed by atoms with Crippen molar-refractivity contribution in [1.29, 1.82) is 0 Å². The number of rotatable bonds is 5. The first-order valence-corrected chi connectivity index (χ1v) is 5.93. The molecule has 4 heteroatoms. The van der Waals surface area contributed by atoms with Crippen LogP contribution in [0.15, 0.2) is 6.33 Å². The summed E-state index contributed by atoms with van der Waals surface area (Å²) in [5.74, 6) is 1.79. The number of nitrogens with zero attached hydrogens (tertiary/aromatic N) is 2. The first-order valence-electron chi connectivity index (χ1n) is 5.93. The second-order valence-corrected chi connectivity index (χ2v) is 4.51. The van der Waals surface area contributed by atoms with Crippen LogP contribution in [0.25, 0.3) is 0 Å². The molecule has 16 heavy (non-hydrogen) atoms. The molecule has 4 nitrogen and oxygen atoms in total. The minimum absolute atomic E-state index is 0.331. The number of nitrogens with two attached hydrogens (primary N) is 1. The molecular formula is C12H22N4. The van der Waals surface area contributed by atoms with Gasteiger partial charge in [-0.15, -0.1) is 0 Å². The van der Waals surface area contributed by atoms with E-state index >= 15 is 0 Å². The lowest BCUT2D eigenvalue weighted by Gasteiger charge is -2.18. The minimum atomic E-state index is 0.331. The summed E-state index contributed by atoms with van der Waals surface area (Å²) in [5, 5.41) is 3.40. The molecule has 0 fully saturated rings.